The summed E-state index contributed by atoms with van der Waals surface area (Å²) in [5.74, 6) is -0.00251. The van der Waals surface area contributed by atoms with E-state index in [0.29, 0.717) is 18.6 Å². The first-order valence-corrected chi connectivity index (χ1v) is 5.97. The van der Waals surface area contributed by atoms with Gasteiger partial charge in [-0.1, -0.05) is 0 Å². The second-order valence-electron chi connectivity index (χ2n) is 4.10. The molecular formula is C13H16FNO3. The zero-order valence-electron chi connectivity index (χ0n) is 10.1. The van der Waals surface area contributed by atoms with Gasteiger partial charge in [0, 0.05) is 19.6 Å². The van der Waals surface area contributed by atoms with Crippen LogP contribution in [0.25, 0.3) is 0 Å². The highest BCUT2D eigenvalue weighted by Crippen LogP contribution is 2.17. The second kappa shape index (κ2) is 6.47. The van der Waals surface area contributed by atoms with Gasteiger partial charge >= 0.3 is 0 Å². The molecule has 1 fully saturated rings. The van der Waals surface area contributed by atoms with Gasteiger partial charge in [-0.3, -0.25) is 9.69 Å². The number of carbonyl (C=O) groups is 1. The number of aldehydes is 1. The van der Waals surface area contributed by atoms with Crippen molar-refractivity contribution in [2.24, 2.45) is 0 Å². The van der Waals surface area contributed by atoms with Crippen molar-refractivity contribution in [3.8, 4) is 5.75 Å². The molecular weight excluding hydrogens is 237 g/mol. The lowest BCUT2D eigenvalue weighted by Gasteiger charge is -2.26. The topological polar surface area (TPSA) is 38.8 Å². The molecule has 18 heavy (non-hydrogen) atoms. The van der Waals surface area contributed by atoms with Crippen LogP contribution in [0.4, 0.5) is 4.39 Å². The van der Waals surface area contributed by atoms with E-state index in [1.807, 2.05) is 0 Å². The van der Waals surface area contributed by atoms with Gasteiger partial charge in [0.2, 0.25) is 0 Å². The van der Waals surface area contributed by atoms with Gasteiger partial charge in [-0.25, -0.2) is 4.39 Å². The molecule has 0 N–H and O–H groups in total. The molecule has 0 bridgehead atoms. The maximum absolute atomic E-state index is 12.9. The molecule has 1 aromatic rings. The minimum absolute atomic E-state index is 0.247. The SMILES string of the molecule is O=Cc1cc(F)ccc1OCCN1CCOCC1. The Morgan fingerprint density at radius 3 is 2.89 bits per heavy atom. The number of ether oxygens (including phenoxy) is 2. The van der Waals surface area contributed by atoms with Crippen molar-refractivity contribution in [3.05, 3.63) is 29.6 Å². The number of hydrogen-bond acceptors (Lipinski definition) is 4. The molecule has 1 heterocycles. The van der Waals surface area contributed by atoms with Gasteiger partial charge in [0.15, 0.2) is 6.29 Å². The lowest BCUT2D eigenvalue weighted by Crippen LogP contribution is -2.38. The molecule has 0 saturated carbocycles. The average Bonchev–Trinajstić information content (AvgIpc) is 2.41. The summed E-state index contributed by atoms with van der Waals surface area (Å²) in [4.78, 5) is 13.0. The van der Waals surface area contributed by atoms with E-state index in [-0.39, 0.29) is 5.56 Å². The van der Waals surface area contributed by atoms with E-state index in [9.17, 15) is 9.18 Å². The summed E-state index contributed by atoms with van der Waals surface area (Å²) in [6.45, 7) is 4.54. The Labute approximate surface area is 105 Å². The van der Waals surface area contributed by atoms with E-state index in [2.05, 4.69) is 4.90 Å². The van der Waals surface area contributed by atoms with Gasteiger partial charge in [0.25, 0.3) is 0 Å². The largest absolute Gasteiger partial charge is 0.492 e. The normalized spacial score (nSPS) is 16.5. The monoisotopic (exact) mass is 253 g/mol. The van der Waals surface area contributed by atoms with Crippen molar-refractivity contribution in [2.75, 3.05) is 39.5 Å². The van der Waals surface area contributed by atoms with E-state index in [1.54, 1.807) is 0 Å². The number of morpholine rings is 1. The highest BCUT2D eigenvalue weighted by atomic mass is 19.1. The molecule has 98 valence electrons. The van der Waals surface area contributed by atoms with E-state index < -0.39 is 5.82 Å². The first-order valence-electron chi connectivity index (χ1n) is 5.97. The van der Waals surface area contributed by atoms with Crippen molar-refractivity contribution in [2.45, 2.75) is 0 Å². The maximum atomic E-state index is 12.9. The van der Waals surface area contributed by atoms with Crippen molar-refractivity contribution in [1.29, 1.82) is 0 Å². The van der Waals surface area contributed by atoms with E-state index in [0.717, 1.165) is 32.8 Å². The Bertz CT molecular complexity index is 405. The van der Waals surface area contributed by atoms with Crippen LogP contribution in [0.15, 0.2) is 18.2 Å². The molecule has 1 saturated heterocycles. The van der Waals surface area contributed by atoms with Crippen molar-refractivity contribution >= 4 is 6.29 Å². The van der Waals surface area contributed by atoms with Crippen LogP contribution in [0.3, 0.4) is 0 Å². The van der Waals surface area contributed by atoms with E-state index >= 15 is 0 Å². The van der Waals surface area contributed by atoms with Crippen LogP contribution in [-0.4, -0.2) is 50.6 Å². The van der Waals surface area contributed by atoms with Crippen LogP contribution in [0.1, 0.15) is 10.4 Å². The van der Waals surface area contributed by atoms with Crippen molar-refractivity contribution < 1.29 is 18.7 Å². The van der Waals surface area contributed by atoms with Crippen LogP contribution >= 0.6 is 0 Å². The first-order chi connectivity index (χ1) is 8.79. The summed E-state index contributed by atoms with van der Waals surface area (Å²) < 4.78 is 23.7. The maximum Gasteiger partial charge on any atom is 0.153 e. The third-order valence-corrected chi connectivity index (χ3v) is 2.87. The summed E-state index contributed by atoms with van der Waals surface area (Å²) >= 11 is 0. The minimum Gasteiger partial charge on any atom is -0.492 e. The quantitative estimate of drug-likeness (QED) is 0.742. The molecule has 1 aliphatic rings. The molecule has 1 aromatic carbocycles. The molecule has 0 aromatic heterocycles. The van der Waals surface area contributed by atoms with Crippen molar-refractivity contribution in [3.63, 3.8) is 0 Å². The van der Waals surface area contributed by atoms with Crippen LogP contribution in [0.2, 0.25) is 0 Å². The smallest absolute Gasteiger partial charge is 0.153 e. The van der Waals surface area contributed by atoms with Crippen LogP contribution in [-0.2, 0) is 4.74 Å². The van der Waals surface area contributed by atoms with Gasteiger partial charge in [0.1, 0.15) is 18.2 Å². The van der Waals surface area contributed by atoms with Crippen LogP contribution in [0.5, 0.6) is 5.75 Å². The molecule has 0 aliphatic carbocycles. The van der Waals surface area contributed by atoms with Gasteiger partial charge in [-0.15, -0.1) is 0 Å². The highest BCUT2D eigenvalue weighted by Gasteiger charge is 2.10. The number of hydrogen-bond donors (Lipinski definition) is 0. The van der Waals surface area contributed by atoms with Crippen molar-refractivity contribution in [1.82, 2.24) is 4.90 Å². The fourth-order valence-corrected chi connectivity index (χ4v) is 1.85. The van der Waals surface area contributed by atoms with Gasteiger partial charge in [0.05, 0.1) is 18.8 Å². The molecule has 0 amide bonds. The summed E-state index contributed by atoms with van der Waals surface area (Å²) in [5.41, 5.74) is 0.247. The summed E-state index contributed by atoms with van der Waals surface area (Å²) in [6, 6.07) is 3.95. The summed E-state index contributed by atoms with van der Waals surface area (Å²) in [7, 11) is 0. The lowest BCUT2D eigenvalue weighted by atomic mass is 10.2. The van der Waals surface area contributed by atoms with Gasteiger partial charge < -0.3 is 9.47 Å². The zero-order chi connectivity index (χ0) is 12.8. The van der Waals surface area contributed by atoms with Crippen LogP contribution in [0, 0.1) is 5.82 Å². The van der Waals surface area contributed by atoms with Gasteiger partial charge in [-0.2, -0.15) is 0 Å². The van der Waals surface area contributed by atoms with E-state index in [4.69, 9.17) is 9.47 Å². The number of benzene rings is 1. The summed E-state index contributed by atoms with van der Waals surface area (Å²) in [6.07, 6.45) is 0.604. The number of nitrogens with zero attached hydrogens (tertiary/aromatic N) is 1. The van der Waals surface area contributed by atoms with Crippen LogP contribution < -0.4 is 4.74 Å². The van der Waals surface area contributed by atoms with Gasteiger partial charge in [-0.05, 0) is 18.2 Å². The Kier molecular flexibility index (Phi) is 4.66. The fourth-order valence-electron chi connectivity index (χ4n) is 1.85. The Balaban J connectivity index is 1.84. The lowest BCUT2D eigenvalue weighted by molar-refractivity contribution is 0.0322. The molecule has 0 spiro atoms. The second-order valence-corrected chi connectivity index (χ2v) is 4.10. The number of rotatable bonds is 5. The fraction of sp³-hybridized carbons (Fsp3) is 0.462. The molecule has 1 aliphatic heterocycles. The third-order valence-electron chi connectivity index (χ3n) is 2.87. The van der Waals surface area contributed by atoms with E-state index in [1.165, 1.54) is 18.2 Å². The Morgan fingerprint density at radius 2 is 2.17 bits per heavy atom. The average molecular weight is 253 g/mol. The summed E-state index contributed by atoms with van der Waals surface area (Å²) in [5, 5.41) is 0. The molecule has 0 unspecified atom stereocenters. The Morgan fingerprint density at radius 1 is 1.39 bits per heavy atom. The first kappa shape index (κ1) is 13.0. The standard InChI is InChI=1S/C13H16FNO3/c14-12-1-2-13(11(9-12)10-16)18-8-5-15-3-6-17-7-4-15/h1-2,9-10H,3-8H2. The Hall–Kier alpha value is -1.46. The number of carbonyl (C=O) groups excluding carboxylic acids is 1. The molecule has 5 heteroatoms. The predicted octanol–water partition coefficient (Wildman–Crippen LogP) is 1.35. The zero-order valence-corrected chi connectivity index (χ0v) is 10.1. The molecule has 4 nitrogen and oxygen atoms in total. The molecule has 0 atom stereocenters. The molecule has 2 rings (SSSR count). The number of halogens is 1. The third kappa shape index (κ3) is 3.51. The minimum atomic E-state index is -0.433. The predicted molar refractivity (Wildman–Crippen MR) is 64.5 cm³/mol. The highest BCUT2D eigenvalue weighted by molar-refractivity contribution is 5.79. The molecule has 0 radical (unpaired) electrons.